The molecule has 1 unspecified atom stereocenters. The Kier molecular flexibility index (Phi) is 14.6. The first kappa shape index (κ1) is 30.5. The lowest BCUT2D eigenvalue weighted by Crippen LogP contribution is -2.49. The number of hydrogen-bond donors (Lipinski definition) is 1. The fourth-order valence-electron chi connectivity index (χ4n) is 4.10. The van der Waals surface area contributed by atoms with Crippen molar-refractivity contribution in [1.82, 2.24) is 4.90 Å². The molecule has 4 nitrogen and oxygen atoms in total. The summed E-state index contributed by atoms with van der Waals surface area (Å²) in [6, 6.07) is 24.9. The number of halogens is 1. The van der Waals surface area contributed by atoms with Crippen LogP contribution in [0.25, 0.3) is 0 Å². The molecule has 1 heterocycles. The maximum atomic E-state index is 12.1. The molecule has 0 spiro atoms. The zero-order chi connectivity index (χ0) is 26.9. The van der Waals surface area contributed by atoms with Gasteiger partial charge in [0, 0.05) is 47.5 Å². The highest BCUT2D eigenvalue weighted by Crippen LogP contribution is 2.24. The summed E-state index contributed by atoms with van der Waals surface area (Å²) in [6.45, 7) is 7.16. The van der Waals surface area contributed by atoms with Gasteiger partial charge in [0.2, 0.25) is 0 Å². The molecule has 3 aromatic carbocycles. The largest absolute Gasteiger partial charge is 0.508 e. The van der Waals surface area contributed by atoms with E-state index in [-0.39, 0.29) is 12.6 Å². The van der Waals surface area contributed by atoms with Crippen LogP contribution in [-0.4, -0.2) is 53.4 Å². The van der Waals surface area contributed by atoms with Crippen molar-refractivity contribution in [3.8, 4) is 11.5 Å². The number of fused-ring (bicyclic) bond motifs is 1. The van der Waals surface area contributed by atoms with Gasteiger partial charge in [-0.05, 0) is 73.2 Å². The monoisotopic (exact) mass is 527 g/mol. The van der Waals surface area contributed by atoms with Gasteiger partial charge in [0.15, 0.2) is 0 Å². The van der Waals surface area contributed by atoms with Gasteiger partial charge in [0.25, 0.3) is 0 Å². The third kappa shape index (κ3) is 11.5. The fourth-order valence-corrected chi connectivity index (χ4v) is 4.64. The van der Waals surface area contributed by atoms with Crippen molar-refractivity contribution >= 4 is 10.8 Å². The van der Waals surface area contributed by atoms with Gasteiger partial charge in [-0.15, -0.1) is 0 Å². The molecule has 202 valence electrons. The molecular formula is C31H42FNO3S. The lowest BCUT2D eigenvalue weighted by Gasteiger charge is -2.37. The number of ether oxygens (including phenoxy) is 1. The number of aromatic hydroxyl groups is 1. The molecule has 0 bridgehead atoms. The topological polar surface area (TPSA) is 49.8 Å². The van der Waals surface area contributed by atoms with Gasteiger partial charge in [-0.3, -0.25) is 13.5 Å². The molecule has 2 aliphatic rings. The molecule has 5 rings (SSSR count). The Labute approximate surface area is 225 Å². The summed E-state index contributed by atoms with van der Waals surface area (Å²) in [5.41, 5.74) is 2.77. The second-order valence-corrected chi connectivity index (χ2v) is 10.2. The van der Waals surface area contributed by atoms with Crippen LogP contribution in [0.5, 0.6) is 11.5 Å². The van der Waals surface area contributed by atoms with Crippen molar-refractivity contribution in [2.75, 3.05) is 39.2 Å². The summed E-state index contributed by atoms with van der Waals surface area (Å²) >= 11 is 0. The van der Waals surface area contributed by atoms with Crippen molar-refractivity contribution in [1.29, 1.82) is 0 Å². The second-order valence-electron chi connectivity index (χ2n) is 8.87. The third-order valence-corrected chi connectivity index (χ3v) is 7.01. The molecule has 0 radical (unpaired) electrons. The van der Waals surface area contributed by atoms with E-state index in [9.17, 15) is 13.7 Å². The van der Waals surface area contributed by atoms with Crippen molar-refractivity contribution in [3.05, 3.63) is 90.0 Å². The third-order valence-electron chi connectivity index (χ3n) is 6.08. The summed E-state index contributed by atoms with van der Waals surface area (Å²) in [5, 5.41) is 9.19. The van der Waals surface area contributed by atoms with Gasteiger partial charge in [0.1, 0.15) is 18.1 Å². The van der Waals surface area contributed by atoms with Crippen LogP contribution in [0.15, 0.2) is 83.8 Å². The first-order chi connectivity index (χ1) is 18.0. The van der Waals surface area contributed by atoms with Crippen molar-refractivity contribution in [2.24, 2.45) is 5.92 Å². The summed E-state index contributed by atoms with van der Waals surface area (Å²) in [4.78, 5) is 3.10. The van der Waals surface area contributed by atoms with Crippen LogP contribution >= 0.6 is 0 Å². The summed E-state index contributed by atoms with van der Waals surface area (Å²) in [6.07, 6.45) is 6.59. The summed E-state index contributed by atoms with van der Waals surface area (Å²) in [7, 11) is -0.829. The molecule has 1 aliphatic carbocycles. The number of hydrogen-bond acceptors (Lipinski definition) is 4. The molecule has 1 aliphatic heterocycles. The number of para-hydroxylation sites is 1. The zero-order valence-corrected chi connectivity index (χ0v) is 23.3. The van der Waals surface area contributed by atoms with Crippen LogP contribution < -0.4 is 4.74 Å². The van der Waals surface area contributed by atoms with E-state index in [1.165, 1.54) is 30.4 Å². The maximum Gasteiger partial charge on any atom is 0.119 e. The number of nitrogens with zero attached hydrogens (tertiary/aromatic N) is 1. The van der Waals surface area contributed by atoms with E-state index >= 15 is 0 Å². The first-order valence-electron chi connectivity index (χ1n) is 13.2. The molecule has 0 amide bonds. The van der Waals surface area contributed by atoms with Gasteiger partial charge in [-0.2, -0.15) is 0 Å². The summed E-state index contributed by atoms with van der Waals surface area (Å²) in [5.74, 6) is 1.58. The molecular weight excluding hydrogens is 485 g/mol. The van der Waals surface area contributed by atoms with E-state index in [2.05, 4.69) is 4.90 Å². The van der Waals surface area contributed by atoms with Crippen LogP contribution in [0.2, 0.25) is 0 Å². The Bertz CT molecular complexity index is 1030. The average molecular weight is 528 g/mol. The SMILES string of the molecule is CC.CS(=O)c1ccccc1.FCC1CN(CCOc2ccccc2)C1.Oc1ccc2c(c1)CCCC2. The minimum absolute atomic E-state index is 0.184. The van der Waals surface area contributed by atoms with Crippen LogP contribution in [0.1, 0.15) is 37.8 Å². The quantitative estimate of drug-likeness (QED) is 0.388. The van der Waals surface area contributed by atoms with Crippen molar-refractivity contribution in [3.63, 3.8) is 0 Å². The Hall–Kier alpha value is -2.70. The van der Waals surface area contributed by atoms with Crippen LogP contribution in [0.3, 0.4) is 0 Å². The van der Waals surface area contributed by atoms with Gasteiger partial charge >= 0.3 is 0 Å². The first-order valence-corrected chi connectivity index (χ1v) is 14.8. The smallest absolute Gasteiger partial charge is 0.119 e. The number of rotatable bonds is 6. The average Bonchev–Trinajstić information content (AvgIpc) is 2.93. The molecule has 1 N–H and O–H groups in total. The highest BCUT2D eigenvalue weighted by atomic mass is 32.2. The molecule has 37 heavy (non-hydrogen) atoms. The van der Waals surface area contributed by atoms with Crippen molar-refractivity contribution < 1.29 is 18.4 Å². The summed E-state index contributed by atoms with van der Waals surface area (Å²) < 4.78 is 28.4. The molecule has 1 saturated heterocycles. The predicted molar refractivity (Wildman–Crippen MR) is 153 cm³/mol. The normalized spacial score (nSPS) is 15.1. The van der Waals surface area contributed by atoms with Crippen LogP contribution in [-0.2, 0) is 23.6 Å². The lowest BCUT2D eigenvalue weighted by atomic mass is 9.92. The number of phenolic OH excluding ortho intramolecular Hbond substituents is 1. The molecule has 0 aromatic heterocycles. The van der Waals surface area contributed by atoms with Gasteiger partial charge < -0.3 is 9.84 Å². The van der Waals surface area contributed by atoms with Gasteiger partial charge in [-0.25, -0.2) is 0 Å². The Morgan fingerprint density at radius 2 is 1.51 bits per heavy atom. The van der Waals surface area contributed by atoms with Crippen LogP contribution in [0.4, 0.5) is 4.39 Å². The fraction of sp³-hybridized carbons (Fsp3) is 0.419. The number of likely N-dealkylation sites (tertiary alicyclic amines) is 1. The van der Waals surface area contributed by atoms with Crippen molar-refractivity contribution in [2.45, 2.75) is 44.4 Å². The molecule has 3 aromatic rings. The van der Waals surface area contributed by atoms with E-state index < -0.39 is 10.8 Å². The number of aryl methyl sites for hydroxylation is 2. The van der Waals surface area contributed by atoms with E-state index in [1.807, 2.05) is 86.6 Å². The Morgan fingerprint density at radius 1 is 0.919 bits per heavy atom. The molecule has 1 atom stereocenters. The predicted octanol–water partition coefficient (Wildman–Crippen LogP) is 6.69. The van der Waals surface area contributed by atoms with Gasteiger partial charge in [-0.1, -0.05) is 56.3 Å². The van der Waals surface area contributed by atoms with E-state index in [0.717, 1.165) is 36.7 Å². The zero-order valence-electron chi connectivity index (χ0n) is 22.4. The Balaban J connectivity index is 0.000000195. The second kappa shape index (κ2) is 17.7. The Morgan fingerprint density at radius 3 is 2.08 bits per heavy atom. The molecule has 1 fully saturated rings. The van der Waals surface area contributed by atoms with E-state index in [4.69, 9.17) is 4.74 Å². The minimum atomic E-state index is -0.829. The van der Waals surface area contributed by atoms with E-state index in [0.29, 0.717) is 12.4 Å². The molecule has 0 saturated carbocycles. The van der Waals surface area contributed by atoms with E-state index in [1.54, 1.807) is 12.3 Å². The maximum absolute atomic E-state index is 12.1. The van der Waals surface area contributed by atoms with Gasteiger partial charge in [0.05, 0.1) is 6.67 Å². The lowest BCUT2D eigenvalue weighted by molar-refractivity contribution is 0.0668. The van der Waals surface area contributed by atoms with Crippen LogP contribution in [0, 0.1) is 5.92 Å². The minimum Gasteiger partial charge on any atom is -0.508 e. The highest BCUT2D eigenvalue weighted by molar-refractivity contribution is 7.84. The standard InChI is InChI=1S/C12H16FNO.C10H12O.C7H8OS.C2H6/c13-8-11-9-14(10-11)6-7-15-12-4-2-1-3-5-12;11-10-6-5-8-3-1-2-4-9(8)7-10;1-9(8)7-5-3-2-4-6-7;1-2/h1-5,11H,6-10H2;5-7,11H,1-4H2;2-6H,1H3;1-2H3. The number of phenols is 1. The molecule has 6 heteroatoms. The highest BCUT2D eigenvalue weighted by Gasteiger charge is 2.25. The number of alkyl halides is 1. The number of benzene rings is 3.